The van der Waals surface area contributed by atoms with Crippen molar-refractivity contribution >= 4 is 55.7 Å². The van der Waals surface area contributed by atoms with Gasteiger partial charge in [0.2, 0.25) is 5.91 Å². The number of nitrogens with one attached hydrogen (secondary N) is 2. The zero-order chi connectivity index (χ0) is 22.8. The monoisotopic (exact) mass is 485 g/mol. The van der Waals surface area contributed by atoms with Crippen molar-refractivity contribution in [2.24, 2.45) is 0 Å². The van der Waals surface area contributed by atoms with Crippen molar-refractivity contribution in [3.05, 3.63) is 45.3 Å². The summed E-state index contributed by atoms with van der Waals surface area (Å²) in [5.41, 5.74) is 1.00. The Morgan fingerprint density at radius 1 is 1.23 bits per heavy atom. The van der Waals surface area contributed by atoms with Gasteiger partial charge in [0.05, 0.1) is 24.1 Å². The molecule has 0 bridgehead atoms. The molecule has 3 amide bonds. The maximum absolute atomic E-state index is 12.5. The van der Waals surface area contributed by atoms with Crippen LogP contribution in [-0.4, -0.2) is 57.7 Å². The van der Waals surface area contributed by atoms with Gasteiger partial charge in [-0.05, 0) is 36.2 Å². The molecule has 2 N–H and O–H groups in total. The minimum atomic E-state index is -3.90. The van der Waals surface area contributed by atoms with Gasteiger partial charge in [-0.2, -0.15) is 0 Å². The molecule has 166 valence electrons. The lowest BCUT2D eigenvalue weighted by Crippen LogP contribution is -2.35. The molecule has 1 aliphatic rings. The average molecular weight is 486 g/mol. The van der Waals surface area contributed by atoms with Crippen LogP contribution in [0.3, 0.4) is 0 Å². The zero-order valence-corrected chi connectivity index (χ0v) is 19.1. The number of carbonyl (C=O) groups is 3. The van der Waals surface area contributed by atoms with Gasteiger partial charge in [-0.25, -0.2) is 13.2 Å². The van der Waals surface area contributed by atoms with Crippen molar-refractivity contribution in [1.29, 1.82) is 0 Å². The summed E-state index contributed by atoms with van der Waals surface area (Å²) in [5, 5.41) is 5.71. The predicted molar refractivity (Wildman–Crippen MR) is 116 cm³/mol. The van der Waals surface area contributed by atoms with E-state index in [0.29, 0.717) is 18.0 Å². The van der Waals surface area contributed by atoms with Crippen LogP contribution in [0, 0.1) is 0 Å². The van der Waals surface area contributed by atoms with Crippen molar-refractivity contribution in [1.82, 2.24) is 10.2 Å². The number of ether oxygens (including phenoxy) is 1. The van der Waals surface area contributed by atoms with Crippen LogP contribution in [-0.2, 0) is 32.3 Å². The minimum absolute atomic E-state index is 0.0298. The van der Waals surface area contributed by atoms with Crippen molar-refractivity contribution in [3.63, 3.8) is 0 Å². The Labute approximate surface area is 188 Å². The largest absolute Gasteiger partial charge is 0.453 e. The van der Waals surface area contributed by atoms with Crippen LogP contribution in [0.2, 0.25) is 5.02 Å². The summed E-state index contributed by atoms with van der Waals surface area (Å²) in [4.78, 5) is 39.0. The molecule has 1 aromatic carbocycles. The third-order valence-electron chi connectivity index (χ3n) is 4.69. The van der Waals surface area contributed by atoms with E-state index in [2.05, 4.69) is 10.6 Å². The Bertz CT molecular complexity index is 1130. The van der Waals surface area contributed by atoms with Crippen LogP contribution >= 0.6 is 22.9 Å². The summed E-state index contributed by atoms with van der Waals surface area (Å²) >= 11 is 6.92. The van der Waals surface area contributed by atoms with Crippen LogP contribution < -0.4 is 10.6 Å². The number of anilines is 1. The Hall–Kier alpha value is -2.63. The number of rotatable bonds is 5. The fourth-order valence-corrected chi connectivity index (χ4v) is 5.74. The molecule has 0 saturated heterocycles. The molecule has 0 fully saturated rings. The van der Waals surface area contributed by atoms with Gasteiger partial charge in [0.15, 0.2) is 9.84 Å². The third-order valence-corrected chi connectivity index (χ3v) is 7.71. The normalized spacial score (nSPS) is 13.3. The average Bonchev–Trinajstić information content (AvgIpc) is 3.09. The number of sulfone groups is 1. The van der Waals surface area contributed by atoms with Crippen molar-refractivity contribution in [3.8, 4) is 0 Å². The number of methoxy groups -OCH3 is 1. The molecule has 1 aliphatic heterocycles. The predicted octanol–water partition coefficient (Wildman–Crippen LogP) is 2.30. The summed E-state index contributed by atoms with van der Waals surface area (Å²) in [6.45, 7) is 0.592. The van der Waals surface area contributed by atoms with E-state index in [1.165, 1.54) is 43.3 Å². The highest BCUT2D eigenvalue weighted by atomic mass is 35.5. The van der Waals surface area contributed by atoms with Gasteiger partial charge in [-0.15, -0.1) is 11.3 Å². The molecular weight excluding hydrogens is 466 g/mol. The van der Waals surface area contributed by atoms with Gasteiger partial charge in [0, 0.05) is 23.5 Å². The third kappa shape index (κ3) is 5.00. The van der Waals surface area contributed by atoms with Crippen molar-refractivity contribution < 1.29 is 27.5 Å². The fraction of sp³-hybridized carbons (Fsp3) is 0.316. The molecule has 2 heterocycles. The van der Waals surface area contributed by atoms with Crippen LogP contribution in [0.4, 0.5) is 9.80 Å². The quantitative estimate of drug-likeness (QED) is 0.670. The first kappa shape index (κ1) is 23.0. The number of fused-ring (bicyclic) bond motifs is 1. The number of nitrogens with zero attached hydrogens (tertiary/aromatic N) is 1. The number of benzene rings is 1. The van der Waals surface area contributed by atoms with E-state index in [1.807, 2.05) is 0 Å². The number of halogens is 1. The molecule has 0 saturated carbocycles. The van der Waals surface area contributed by atoms with Crippen molar-refractivity contribution in [2.75, 3.05) is 31.8 Å². The van der Waals surface area contributed by atoms with Crippen molar-refractivity contribution in [2.45, 2.75) is 17.9 Å². The molecule has 0 aliphatic carbocycles. The molecule has 0 atom stereocenters. The number of hydrogen-bond donors (Lipinski definition) is 2. The Balaban J connectivity index is 1.84. The van der Waals surface area contributed by atoms with E-state index >= 15 is 0 Å². The molecule has 12 heteroatoms. The number of hydrogen-bond acceptors (Lipinski definition) is 7. The van der Waals surface area contributed by atoms with Gasteiger partial charge in [0.25, 0.3) is 5.91 Å². The number of amides is 3. The maximum atomic E-state index is 12.5. The van der Waals surface area contributed by atoms with Crippen LogP contribution in [0.15, 0.2) is 29.2 Å². The first-order chi connectivity index (χ1) is 14.7. The summed E-state index contributed by atoms with van der Waals surface area (Å²) in [5.74, 6) is -1.97. The van der Waals surface area contributed by atoms with Gasteiger partial charge in [0.1, 0.15) is 10.8 Å². The summed E-state index contributed by atoms with van der Waals surface area (Å²) in [6.07, 6.45) is -0.0806. The summed E-state index contributed by atoms with van der Waals surface area (Å²) in [7, 11) is -1.14. The van der Waals surface area contributed by atoms with E-state index in [-0.39, 0.29) is 22.0 Å². The standard InChI is InChI=1S/C19H20ClN3O6S2/c1-21-17(25)16-13-7-8-23(19(26)29-2)9-14(13)30-18(16)22-15(24)10-31(27,28)12-5-3-11(20)4-6-12/h3-6H,7-10H2,1-2H3,(H,21,25)(H,22,24). The van der Waals surface area contributed by atoms with Gasteiger partial charge >= 0.3 is 6.09 Å². The van der Waals surface area contributed by atoms with E-state index in [1.54, 1.807) is 0 Å². The lowest BCUT2D eigenvalue weighted by molar-refractivity contribution is -0.113. The molecule has 0 spiro atoms. The Kier molecular flexibility index (Phi) is 6.87. The molecule has 2 aromatic rings. The Morgan fingerprint density at radius 2 is 1.90 bits per heavy atom. The lowest BCUT2D eigenvalue weighted by Gasteiger charge is -2.25. The van der Waals surface area contributed by atoms with Crippen LogP contribution in [0.5, 0.6) is 0 Å². The van der Waals surface area contributed by atoms with Gasteiger partial charge in [-0.1, -0.05) is 11.6 Å². The van der Waals surface area contributed by atoms with E-state index < -0.39 is 33.5 Å². The second kappa shape index (κ2) is 9.25. The Morgan fingerprint density at radius 3 is 2.52 bits per heavy atom. The summed E-state index contributed by atoms with van der Waals surface area (Å²) in [6, 6.07) is 5.51. The first-order valence-electron chi connectivity index (χ1n) is 9.14. The molecule has 0 unspecified atom stereocenters. The maximum Gasteiger partial charge on any atom is 0.409 e. The molecule has 31 heavy (non-hydrogen) atoms. The van der Waals surface area contributed by atoms with E-state index in [9.17, 15) is 22.8 Å². The molecular formula is C19H20ClN3O6S2. The van der Waals surface area contributed by atoms with E-state index in [4.69, 9.17) is 16.3 Å². The first-order valence-corrected chi connectivity index (χ1v) is 12.0. The van der Waals surface area contributed by atoms with Gasteiger partial charge < -0.3 is 20.3 Å². The van der Waals surface area contributed by atoms with E-state index in [0.717, 1.165) is 21.8 Å². The number of thiophene rings is 1. The number of carbonyl (C=O) groups excluding carboxylic acids is 3. The highest BCUT2D eigenvalue weighted by Crippen LogP contribution is 2.37. The molecule has 1 aromatic heterocycles. The van der Waals surface area contributed by atoms with Gasteiger partial charge in [-0.3, -0.25) is 9.59 Å². The summed E-state index contributed by atoms with van der Waals surface area (Å²) < 4.78 is 29.8. The highest BCUT2D eigenvalue weighted by molar-refractivity contribution is 7.92. The molecule has 9 nitrogen and oxygen atoms in total. The van der Waals surface area contributed by atoms with Crippen LogP contribution in [0.1, 0.15) is 20.8 Å². The topological polar surface area (TPSA) is 122 Å². The highest BCUT2D eigenvalue weighted by Gasteiger charge is 2.31. The minimum Gasteiger partial charge on any atom is -0.453 e. The lowest BCUT2D eigenvalue weighted by atomic mass is 10.0. The second-order valence-electron chi connectivity index (χ2n) is 6.69. The zero-order valence-electron chi connectivity index (χ0n) is 16.7. The fourth-order valence-electron chi connectivity index (χ4n) is 3.20. The molecule has 3 rings (SSSR count). The smallest absolute Gasteiger partial charge is 0.409 e. The van der Waals surface area contributed by atoms with Crippen LogP contribution in [0.25, 0.3) is 0 Å². The SMILES string of the molecule is CNC(=O)c1c(NC(=O)CS(=O)(=O)c2ccc(Cl)cc2)sc2c1CCN(C(=O)OC)C2. The molecule has 0 radical (unpaired) electrons. The second-order valence-corrected chi connectivity index (χ2v) is 10.2.